The summed E-state index contributed by atoms with van der Waals surface area (Å²) >= 11 is 0. The first kappa shape index (κ1) is 20.4. The minimum Gasteiger partial charge on any atom is -0.494 e. The molecule has 6 heteroatoms. The molecule has 0 aliphatic carbocycles. The van der Waals surface area contributed by atoms with Gasteiger partial charge in [-0.05, 0) is 42.0 Å². The maximum absolute atomic E-state index is 11.7. The van der Waals surface area contributed by atoms with Crippen LogP contribution in [-0.4, -0.2) is 42.4 Å². The lowest BCUT2D eigenvalue weighted by Crippen LogP contribution is -2.60. The van der Waals surface area contributed by atoms with Crippen LogP contribution in [0, 0.1) is 11.8 Å². The van der Waals surface area contributed by atoms with Crippen molar-refractivity contribution in [2.24, 2.45) is 11.8 Å². The summed E-state index contributed by atoms with van der Waals surface area (Å²) in [6, 6.07) is 18.2. The number of hydrogen-bond acceptors (Lipinski definition) is 6. The zero-order valence-electron chi connectivity index (χ0n) is 17.4. The average molecular weight is 409 g/mol. The Kier molecular flexibility index (Phi) is 5.77. The third-order valence-corrected chi connectivity index (χ3v) is 5.80. The summed E-state index contributed by atoms with van der Waals surface area (Å²) in [6.45, 7) is 5.94. The second-order valence-electron chi connectivity index (χ2n) is 8.19. The summed E-state index contributed by atoms with van der Waals surface area (Å²) in [7, 11) is 0. The number of carbonyl (C=O) groups excluding carboxylic acids is 2. The van der Waals surface area contributed by atoms with Crippen molar-refractivity contribution in [1.29, 1.82) is 0 Å². The Morgan fingerprint density at radius 2 is 1.60 bits per heavy atom. The smallest absolute Gasteiger partial charge is 0.421 e. The van der Waals surface area contributed by atoms with E-state index in [1.807, 2.05) is 54.3 Å². The van der Waals surface area contributed by atoms with Gasteiger partial charge < -0.3 is 14.2 Å². The fraction of sp³-hybridized carbons (Fsp3) is 0.417. The number of benzene rings is 2. The van der Waals surface area contributed by atoms with E-state index in [0.717, 1.165) is 24.2 Å². The molecule has 30 heavy (non-hydrogen) atoms. The number of likely N-dealkylation sites (tertiary alicyclic amines) is 1. The zero-order valence-corrected chi connectivity index (χ0v) is 17.4. The maximum Gasteiger partial charge on any atom is 0.421 e. The van der Waals surface area contributed by atoms with Gasteiger partial charge in [-0.25, -0.2) is 14.5 Å². The molecule has 2 aliphatic rings. The van der Waals surface area contributed by atoms with Gasteiger partial charge in [0.05, 0.1) is 12.5 Å². The van der Waals surface area contributed by atoms with Crippen LogP contribution < -0.4 is 4.74 Å². The second kappa shape index (κ2) is 8.48. The molecule has 2 fully saturated rings. The van der Waals surface area contributed by atoms with E-state index in [2.05, 4.69) is 19.1 Å². The van der Waals surface area contributed by atoms with Crippen molar-refractivity contribution in [2.75, 3.05) is 19.7 Å². The largest absolute Gasteiger partial charge is 0.494 e. The van der Waals surface area contributed by atoms with E-state index in [9.17, 15) is 9.59 Å². The van der Waals surface area contributed by atoms with Crippen LogP contribution in [0.4, 0.5) is 0 Å². The van der Waals surface area contributed by atoms with Crippen LogP contribution in [0.1, 0.15) is 26.7 Å². The van der Waals surface area contributed by atoms with E-state index in [1.165, 1.54) is 5.56 Å². The minimum absolute atomic E-state index is 0.0805. The maximum atomic E-state index is 11.7. The lowest BCUT2D eigenvalue weighted by Gasteiger charge is -2.46. The van der Waals surface area contributed by atoms with Gasteiger partial charge in [-0.2, -0.15) is 0 Å². The first-order valence-electron chi connectivity index (χ1n) is 10.5. The van der Waals surface area contributed by atoms with Gasteiger partial charge >= 0.3 is 17.8 Å². The molecule has 2 aromatic carbocycles. The number of ether oxygens (including phenoxy) is 3. The Balaban J connectivity index is 1.33. The summed E-state index contributed by atoms with van der Waals surface area (Å²) in [5, 5.41) is 0. The molecule has 0 amide bonds. The van der Waals surface area contributed by atoms with Gasteiger partial charge in [0.25, 0.3) is 0 Å². The molecular formula is C24H27NO5. The molecule has 2 aromatic rings. The summed E-state index contributed by atoms with van der Waals surface area (Å²) < 4.78 is 16.7. The molecule has 4 rings (SSSR count). The molecule has 158 valence electrons. The Morgan fingerprint density at radius 1 is 0.967 bits per heavy atom. The van der Waals surface area contributed by atoms with Crippen LogP contribution in [0.15, 0.2) is 54.6 Å². The highest BCUT2D eigenvalue weighted by Gasteiger charge is 2.58. The molecule has 2 atom stereocenters. The predicted octanol–water partition coefficient (Wildman–Crippen LogP) is 3.85. The van der Waals surface area contributed by atoms with Crippen LogP contribution in [0.3, 0.4) is 0 Å². The molecule has 0 N–H and O–H groups in total. The summed E-state index contributed by atoms with van der Waals surface area (Å²) in [5.74, 6) is -1.92. The molecule has 2 aliphatic heterocycles. The van der Waals surface area contributed by atoms with Gasteiger partial charge in [-0.15, -0.1) is 0 Å². The number of carbonyl (C=O) groups is 2. The number of nitrogens with zero attached hydrogens (tertiary/aromatic N) is 1. The van der Waals surface area contributed by atoms with E-state index in [4.69, 9.17) is 14.2 Å². The normalized spacial score (nSPS) is 23.3. The van der Waals surface area contributed by atoms with Crippen molar-refractivity contribution < 1.29 is 23.8 Å². The highest BCUT2D eigenvalue weighted by atomic mass is 16.8. The van der Waals surface area contributed by atoms with Crippen molar-refractivity contribution in [2.45, 2.75) is 32.6 Å². The molecule has 0 radical (unpaired) electrons. The van der Waals surface area contributed by atoms with Crippen molar-refractivity contribution in [3.8, 4) is 16.9 Å². The Morgan fingerprint density at radius 3 is 2.27 bits per heavy atom. The van der Waals surface area contributed by atoms with Crippen LogP contribution in [-0.2, 0) is 19.1 Å². The Bertz CT molecular complexity index is 880. The number of piperidine rings is 1. The fourth-order valence-electron chi connectivity index (χ4n) is 4.41. The van der Waals surface area contributed by atoms with Gasteiger partial charge in [0.1, 0.15) is 5.75 Å². The lowest BCUT2D eigenvalue weighted by molar-refractivity contribution is -0.293. The summed E-state index contributed by atoms with van der Waals surface area (Å²) in [6.07, 6.45) is 1.55. The highest BCUT2D eigenvalue weighted by Crippen LogP contribution is 2.41. The Labute approximate surface area is 176 Å². The van der Waals surface area contributed by atoms with Gasteiger partial charge in [0, 0.05) is 13.1 Å². The number of esters is 2. The van der Waals surface area contributed by atoms with Crippen molar-refractivity contribution in [3.63, 3.8) is 0 Å². The molecule has 6 nitrogen and oxygen atoms in total. The standard InChI is InChI=1S/C24H27NO5/c1-17-15-18(2)24(29-22(26)23(27)30-24)25(16-17)13-6-14-28-21-11-9-20(10-12-21)19-7-4-3-5-8-19/h3-5,7-12,17-18H,6,13-16H2,1-2H3. The lowest BCUT2D eigenvalue weighted by atomic mass is 9.88. The molecule has 2 unspecified atom stereocenters. The molecule has 2 heterocycles. The van der Waals surface area contributed by atoms with Gasteiger partial charge in [0.2, 0.25) is 0 Å². The Hall–Kier alpha value is -2.86. The average Bonchev–Trinajstić information content (AvgIpc) is 3.05. The first-order chi connectivity index (χ1) is 14.5. The minimum atomic E-state index is -1.27. The van der Waals surface area contributed by atoms with E-state index >= 15 is 0 Å². The van der Waals surface area contributed by atoms with Crippen LogP contribution in [0.5, 0.6) is 5.75 Å². The van der Waals surface area contributed by atoms with Gasteiger partial charge in [-0.3, -0.25) is 0 Å². The SMILES string of the molecule is CC1CC(C)C2(OC(=O)C(=O)O2)N(CCCOc2ccc(-c3ccccc3)cc2)C1. The first-order valence-corrected chi connectivity index (χ1v) is 10.5. The second-order valence-corrected chi connectivity index (χ2v) is 8.19. The predicted molar refractivity (Wildman–Crippen MR) is 111 cm³/mol. The van der Waals surface area contributed by atoms with Crippen LogP contribution in [0.25, 0.3) is 11.1 Å². The van der Waals surface area contributed by atoms with Gasteiger partial charge in [0.15, 0.2) is 0 Å². The van der Waals surface area contributed by atoms with Crippen molar-refractivity contribution >= 4 is 11.9 Å². The highest BCUT2D eigenvalue weighted by molar-refractivity contribution is 6.31. The van der Waals surface area contributed by atoms with E-state index in [0.29, 0.717) is 25.6 Å². The fourth-order valence-corrected chi connectivity index (χ4v) is 4.41. The molecule has 1 spiro atoms. The van der Waals surface area contributed by atoms with E-state index < -0.39 is 17.8 Å². The number of hydrogen-bond donors (Lipinski definition) is 0. The molecule has 0 saturated carbocycles. The topological polar surface area (TPSA) is 65.1 Å². The quantitative estimate of drug-likeness (QED) is 0.410. The molecule has 0 bridgehead atoms. The molecule has 2 saturated heterocycles. The van der Waals surface area contributed by atoms with Crippen LogP contribution >= 0.6 is 0 Å². The molecular weight excluding hydrogens is 382 g/mol. The summed E-state index contributed by atoms with van der Waals surface area (Å²) in [4.78, 5) is 25.4. The zero-order chi connectivity index (χ0) is 21.1. The third kappa shape index (κ3) is 4.05. The van der Waals surface area contributed by atoms with Crippen LogP contribution in [0.2, 0.25) is 0 Å². The summed E-state index contributed by atoms with van der Waals surface area (Å²) in [5.41, 5.74) is 2.31. The third-order valence-electron chi connectivity index (χ3n) is 5.80. The molecule has 0 aromatic heterocycles. The van der Waals surface area contributed by atoms with Crippen molar-refractivity contribution in [3.05, 3.63) is 54.6 Å². The van der Waals surface area contributed by atoms with E-state index in [-0.39, 0.29) is 5.92 Å². The monoisotopic (exact) mass is 409 g/mol. The van der Waals surface area contributed by atoms with Gasteiger partial charge in [-0.1, -0.05) is 56.3 Å². The van der Waals surface area contributed by atoms with Crippen molar-refractivity contribution in [1.82, 2.24) is 4.90 Å². The van der Waals surface area contributed by atoms with E-state index in [1.54, 1.807) is 0 Å². The number of rotatable bonds is 6.